The Labute approximate surface area is 54.9 Å². The van der Waals surface area contributed by atoms with Crippen LogP contribution < -0.4 is 0 Å². The molecule has 0 aromatic carbocycles. The van der Waals surface area contributed by atoms with E-state index >= 15 is 0 Å². The average Bonchev–Trinajstić information content (AvgIpc) is 1.87. The Hall–Kier alpha value is -0.160. The molecule has 0 amide bonds. The maximum atomic E-state index is 8.90. The fraction of sp³-hybridized carbons (Fsp3) is 1.00. The van der Waals surface area contributed by atoms with Gasteiger partial charge in [-0.25, -0.2) is 0 Å². The largest absolute Gasteiger partial charge is 0.354 e. The molecule has 4 heteroatoms. The van der Waals surface area contributed by atoms with E-state index in [2.05, 4.69) is 4.84 Å². The van der Waals surface area contributed by atoms with Crippen LogP contribution >= 0.6 is 0 Å². The fourth-order valence-electron chi connectivity index (χ4n) is 0.344. The first-order chi connectivity index (χ1) is 4.22. The topological polar surface area (TPSA) is 41.9 Å². The highest BCUT2D eigenvalue weighted by Gasteiger charge is 2.07. The van der Waals surface area contributed by atoms with E-state index in [1.165, 1.54) is 12.2 Å². The SMILES string of the molecule is CCOC(O)N(C)OC. The smallest absolute Gasteiger partial charge is 0.238 e. The van der Waals surface area contributed by atoms with Crippen molar-refractivity contribution in [2.24, 2.45) is 0 Å². The third kappa shape index (κ3) is 3.42. The lowest BCUT2D eigenvalue weighted by Gasteiger charge is -2.19. The minimum atomic E-state index is -0.958. The number of hydrogen-bond donors (Lipinski definition) is 1. The summed E-state index contributed by atoms with van der Waals surface area (Å²) in [6.45, 7) is 2.27. The summed E-state index contributed by atoms with van der Waals surface area (Å²) in [6.07, 6.45) is -0.958. The highest BCUT2D eigenvalue weighted by Crippen LogP contribution is 1.92. The summed E-state index contributed by atoms with van der Waals surface area (Å²) in [5.41, 5.74) is 0. The summed E-state index contributed by atoms with van der Waals surface area (Å²) in [4.78, 5) is 4.62. The summed E-state index contributed by atoms with van der Waals surface area (Å²) in [7, 11) is 3.04. The van der Waals surface area contributed by atoms with Gasteiger partial charge in [0, 0.05) is 13.7 Å². The monoisotopic (exact) mass is 135 g/mol. The van der Waals surface area contributed by atoms with Crippen LogP contribution in [0.3, 0.4) is 0 Å². The quantitative estimate of drug-likeness (QED) is 0.428. The molecular weight excluding hydrogens is 122 g/mol. The highest BCUT2D eigenvalue weighted by atomic mass is 16.8. The van der Waals surface area contributed by atoms with E-state index in [9.17, 15) is 0 Å². The van der Waals surface area contributed by atoms with Gasteiger partial charge in [-0.1, -0.05) is 0 Å². The zero-order valence-corrected chi connectivity index (χ0v) is 6.00. The third-order valence-electron chi connectivity index (χ3n) is 0.915. The lowest BCUT2D eigenvalue weighted by Crippen LogP contribution is -2.32. The van der Waals surface area contributed by atoms with E-state index in [0.29, 0.717) is 6.61 Å². The number of hydroxylamine groups is 2. The van der Waals surface area contributed by atoms with Crippen LogP contribution in [0, 0.1) is 0 Å². The normalized spacial score (nSPS) is 14.3. The Balaban J connectivity index is 3.32. The Morgan fingerprint density at radius 3 is 2.56 bits per heavy atom. The Kier molecular flexibility index (Phi) is 4.61. The van der Waals surface area contributed by atoms with Crippen LogP contribution in [0.15, 0.2) is 0 Å². The summed E-state index contributed by atoms with van der Waals surface area (Å²) in [5, 5.41) is 10.1. The summed E-state index contributed by atoms with van der Waals surface area (Å²) < 4.78 is 4.75. The van der Waals surface area contributed by atoms with Gasteiger partial charge in [0.15, 0.2) is 0 Å². The molecule has 56 valence electrons. The molecule has 4 nitrogen and oxygen atoms in total. The van der Waals surface area contributed by atoms with Crippen LogP contribution in [0.5, 0.6) is 0 Å². The van der Waals surface area contributed by atoms with E-state index in [4.69, 9.17) is 9.84 Å². The fourth-order valence-corrected chi connectivity index (χ4v) is 0.344. The number of hydrogen-bond acceptors (Lipinski definition) is 4. The van der Waals surface area contributed by atoms with Crippen LogP contribution in [0.2, 0.25) is 0 Å². The lowest BCUT2D eigenvalue weighted by atomic mass is 10.8. The average molecular weight is 135 g/mol. The first kappa shape index (κ1) is 8.84. The van der Waals surface area contributed by atoms with Crippen molar-refractivity contribution in [2.75, 3.05) is 20.8 Å². The van der Waals surface area contributed by atoms with Gasteiger partial charge in [0.05, 0.1) is 7.11 Å². The molecule has 1 unspecified atom stereocenters. The van der Waals surface area contributed by atoms with Crippen molar-refractivity contribution in [3.63, 3.8) is 0 Å². The molecule has 0 spiro atoms. The molecule has 0 saturated heterocycles. The Morgan fingerprint density at radius 2 is 2.22 bits per heavy atom. The van der Waals surface area contributed by atoms with Gasteiger partial charge in [0.1, 0.15) is 0 Å². The lowest BCUT2D eigenvalue weighted by molar-refractivity contribution is -0.299. The van der Waals surface area contributed by atoms with E-state index in [-0.39, 0.29) is 0 Å². The van der Waals surface area contributed by atoms with Crippen molar-refractivity contribution in [3.8, 4) is 0 Å². The van der Waals surface area contributed by atoms with Gasteiger partial charge < -0.3 is 9.84 Å². The predicted molar refractivity (Wildman–Crippen MR) is 32.4 cm³/mol. The zero-order valence-electron chi connectivity index (χ0n) is 6.00. The molecule has 0 rings (SSSR count). The van der Waals surface area contributed by atoms with Crippen LogP contribution in [0.1, 0.15) is 6.92 Å². The molecule has 0 radical (unpaired) electrons. The molecular formula is C5H13NO3. The number of rotatable bonds is 4. The predicted octanol–water partition coefficient (Wildman–Crippen LogP) is -0.208. The molecule has 0 saturated carbocycles. The second-order valence-electron chi connectivity index (χ2n) is 1.51. The molecule has 0 aliphatic carbocycles. The highest BCUT2D eigenvalue weighted by molar-refractivity contribution is 4.25. The minimum absolute atomic E-state index is 0.467. The molecule has 0 fully saturated rings. The van der Waals surface area contributed by atoms with Gasteiger partial charge in [0.2, 0.25) is 6.41 Å². The van der Waals surface area contributed by atoms with Gasteiger partial charge in [-0.3, -0.25) is 4.84 Å². The molecule has 0 aliphatic rings. The Morgan fingerprint density at radius 1 is 1.67 bits per heavy atom. The van der Waals surface area contributed by atoms with Gasteiger partial charge in [-0.05, 0) is 6.92 Å². The van der Waals surface area contributed by atoms with Crippen molar-refractivity contribution >= 4 is 0 Å². The molecule has 0 bridgehead atoms. The molecule has 1 atom stereocenters. The van der Waals surface area contributed by atoms with E-state index in [1.807, 2.05) is 0 Å². The van der Waals surface area contributed by atoms with Gasteiger partial charge in [0.25, 0.3) is 0 Å². The summed E-state index contributed by atoms with van der Waals surface area (Å²) in [5.74, 6) is 0. The number of nitrogens with zero attached hydrogens (tertiary/aromatic N) is 1. The number of aliphatic hydroxyl groups excluding tert-OH is 1. The zero-order chi connectivity index (χ0) is 7.28. The van der Waals surface area contributed by atoms with Crippen molar-refractivity contribution in [1.82, 2.24) is 5.06 Å². The number of ether oxygens (including phenoxy) is 1. The van der Waals surface area contributed by atoms with Crippen molar-refractivity contribution < 1.29 is 14.7 Å². The molecule has 9 heavy (non-hydrogen) atoms. The minimum Gasteiger partial charge on any atom is -0.354 e. The van der Waals surface area contributed by atoms with Crippen molar-refractivity contribution in [3.05, 3.63) is 0 Å². The third-order valence-corrected chi connectivity index (χ3v) is 0.915. The standard InChI is InChI=1S/C5H13NO3/c1-4-9-5(7)6(2)8-3/h5,7H,4H2,1-3H3. The summed E-state index contributed by atoms with van der Waals surface area (Å²) in [6, 6.07) is 0. The maximum Gasteiger partial charge on any atom is 0.238 e. The van der Waals surface area contributed by atoms with Gasteiger partial charge in [-0.2, -0.15) is 0 Å². The van der Waals surface area contributed by atoms with E-state index < -0.39 is 6.41 Å². The molecule has 1 N–H and O–H groups in total. The first-order valence-corrected chi connectivity index (χ1v) is 2.79. The molecule has 0 heterocycles. The van der Waals surface area contributed by atoms with E-state index in [0.717, 1.165) is 0 Å². The van der Waals surface area contributed by atoms with Crippen LogP contribution in [0.4, 0.5) is 0 Å². The van der Waals surface area contributed by atoms with Crippen LogP contribution in [0.25, 0.3) is 0 Å². The molecule has 0 aliphatic heterocycles. The maximum absolute atomic E-state index is 8.90. The van der Waals surface area contributed by atoms with Crippen molar-refractivity contribution in [2.45, 2.75) is 13.3 Å². The second-order valence-corrected chi connectivity index (χ2v) is 1.51. The number of aliphatic hydroxyl groups is 1. The molecule has 0 aromatic heterocycles. The van der Waals surface area contributed by atoms with Crippen LogP contribution in [-0.2, 0) is 9.57 Å². The Bertz CT molecular complexity index is 69.2. The van der Waals surface area contributed by atoms with Crippen LogP contribution in [-0.4, -0.2) is 37.3 Å². The van der Waals surface area contributed by atoms with Crippen molar-refractivity contribution in [1.29, 1.82) is 0 Å². The van der Waals surface area contributed by atoms with Gasteiger partial charge >= 0.3 is 0 Å². The second kappa shape index (κ2) is 4.69. The van der Waals surface area contributed by atoms with Gasteiger partial charge in [-0.15, -0.1) is 5.06 Å². The summed E-state index contributed by atoms with van der Waals surface area (Å²) >= 11 is 0. The van der Waals surface area contributed by atoms with E-state index in [1.54, 1.807) is 14.0 Å². The first-order valence-electron chi connectivity index (χ1n) is 2.79. The molecule has 0 aromatic rings.